The van der Waals surface area contributed by atoms with Crippen molar-refractivity contribution in [3.05, 3.63) is 98.0 Å². The van der Waals surface area contributed by atoms with Crippen LogP contribution in [0.1, 0.15) is 24.5 Å². The first kappa shape index (κ1) is 30.1. The molecule has 0 saturated carbocycles. The van der Waals surface area contributed by atoms with Gasteiger partial charge in [-0.3, -0.25) is 13.9 Å². The Labute approximate surface area is 246 Å². The lowest BCUT2D eigenvalue weighted by molar-refractivity contribution is -0.140. The molecule has 0 aromatic heterocycles. The lowest BCUT2D eigenvalue weighted by Crippen LogP contribution is -2.53. The van der Waals surface area contributed by atoms with Crippen LogP contribution in [0.15, 0.2) is 83.3 Å². The lowest BCUT2D eigenvalue weighted by Gasteiger charge is -2.33. The van der Waals surface area contributed by atoms with Crippen molar-refractivity contribution in [1.82, 2.24) is 10.2 Å². The summed E-state index contributed by atoms with van der Waals surface area (Å²) in [7, 11) is -3.78. The van der Waals surface area contributed by atoms with Crippen molar-refractivity contribution in [3.8, 4) is 0 Å². The van der Waals surface area contributed by atoms with E-state index in [-0.39, 0.29) is 12.5 Å². The predicted octanol–water partition coefficient (Wildman–Crippen LogP) is 4.99. The number of carbonyl (C=O) groups excluding carboxylic acids is 2. The summed E-state index contributed by atoms with van der Waals surface area (Å²) in [6, 6.07) is 23.1. The number of hydrogen-bond acceptors (Lipinski definition) is 4. The van der Waals surface area contributed by atoms with E-state index in [1.165, 1.54) is 4.90 Å². The number of sulfonamides is 1. The molecule has 3 aromatic carbocycles. The maximum atomic E-state index is 14.0. The van der Waals surface area contributed by atoms with Crippen molar-refractivity contribution in [2.45, 2.75) is 32.4 Å². The van der Waals surface area contributed by atoms with E-state index in [0.29, 0.717) is 18.7 Å². The van der Waals surface area contributed by atoms with Gasteiger partial charge < -0.3 is 10.2 Å². The van der Waals surface area contributed by atoms with Crippen LogP contribution in [0.5, 0.6) is 0 Å². The fourth-order valence-corrected chi connectivity index (χ4v) is 5.63. The number of benzene rings is 3. The van der Waals surface area contributed by atoms with Crippen molar-refractivity contribution in [2.24, 2.45) is 0 Å². The Kier molecular flexibility index (Phi) is 11.2. The minimum Gasteiger partial charge on any atom is -0.354 e. The van der Waals surface area contributed by atoms with Gasteiger partial charge in [0, 0.05) is 27.6 Å². The summed E-state index contributed by atoms with van der Waals surface area (Å²) in [5.74, 6) is -0.749. The van der Waals surface area contributed by atoms with Gasteiger partial charge in [0.05, 0.1) is 11.9 Å². The molecule has 7 nitrogen and oxygen atoms in total. The quantitative estimate of drug-likeness (QED) is 0.269. The molecule has 1 atom stereocenters. The molecule has 0 spiro atoms. The SMILES string of the molecule is CCCNC(=O)[C@@H](Cc1ccccc1)N(Cc1cccc(Br)c1)C(=O)CN(c1ccc(I)cc1)S(C)(=O)=O. The molecule has 3 aromatic rings. The van der Waals surface area contributed by atoms with Gasteiger partial charge in [-0.05, 0) is 76.5 Å². The summed E-state index contributed by atoms with van der Waals surface area (Å²) in [6.07, 6.45) is 2.11. The summed E-state index contributed by atoms with van der Waals surface area (Å²) in [5, 5.41) is 2.93. The summed E-state index contributed by atoms with van der Waals surface area (Å²) in [6.45, 7) is 2.14. The van der Waals surface area contributed by atoms with Crippen molar-refractivity contribution >= 4 is 66.0 Å². The highest BCUT2D eigenvalue weighted by Crippen LogP contribution is 2.22. The minimum atomic E-state index is -3.78. The number of nitrogens with zero attached hydrogens (tertiary/aromatic N) is 2. The molecule has 0 fully saturated rings. The fourth-order valence-electron chi connectivity index (χ4n) is 3.97. The zero-order chi connectivity index (χ0) is 27.7. The maximum absolute atomic E-state index is 14.0. The van der Waals surface area contributed by atoms with Gasteiger partial charge >= 0.3 is 0 Å². The van der Waals surface area contributed by atoms with Crippen molar-refractivity contribution < 1.29 is 18.0 Å². The number of hydrogen-bond donors (Lipinski definition) is 1. The van der Waals surface area contributed by atoms with Gasteiger partial charge in [0.1, 0.15) is 12.6 Å². The summed E-state index contributed by atoms with van der Waals surface area (Å²) in [5.41, 5.74) is 2.10. The molecule has 0 radical (unpaired) electrons. The third kappa shape index (κ3) is 8.81. The molecule has 3 rings (SSSR count). The molecule has 202 valence electrons. The smallest absolute Gasteiger partial charge is 0.244 e. The van der Waals surface area contributed by atoms with E-state index in [2.05, 4.69) is 43.8 Å². The van der Waals surface area contributed by atoms with E-state index in [9.17, 15) is 18.0 Å². The first-order valence-corrected chi connectivity index (χ1v) is 15.9. The van der Waals surface area contributed by atoms with Gasteiger partial charge in [0.2, 0.25) is 21.8 Å². The second-order valence-electron chi connectivity index (χ2n) is 8.89. The van der Waals surface area contributed by atoms with Gasteiger partial charge in [-0.15, -0.1) is 0 Å². The van der Waals surface area contributed by atoms with Crippen LogP contribution < -0.4 is 9.62 Å². The van der Waals surface area contributed by atoms with Crippen LogP contribution in [0.4, 0.5) is 5.69 Å². The zero-order valence-electron chi connectivity index (χ0n) is 21.3. The highest BCUT2D eigenvalue weighted by atomic mass is 127. The molecular formula is C28H31BrIN3O4S. The average Bonchev–Trinajstić information content (AvgIpc) is 2.88. The van der Waals surface area contributed by atoms with Crippen molar-refractivity contribution in [2.75, 3.05) is 23.7 Å². The molecule has 0 saturated heterocycles. The Morgan fingerprint density at radius 3 is 2.24 bits per heavy atom. The van der Waals surface area contributed by atoms with E-state index in [4.69, 9.17) is 0 Å². The third-order valence-electron chi connectivity index (χ3n) is 5.86. The second kappa shape index (κ2) is 14.1. The Morgan fingerprint density at radius 2 is 1.63 bits per heavy atom. The van der Waals surface area contributed by atoms with E-state index in [1.54, 1.807) is 24.3 Å². The van der Waals surface area contributed by atoms with Gasteiger partial charge in [-0.1, -0.05) is 65.3 Å². The first-order valence-electron chi connectivity index (χ1n) is 12.2. The second-order valence-corrected chi connectivity index (χ2v) is 13.0. The van der Waals surface area contributed by atoms with Crippen molar-refractivity contribution in [3.63, 3.8) is 0 Å². The normalized spacial score (nSPS) is 12.0. The van der Waals surface area contributed by atoms with Gasteiger partial charge in [0.25, 0.3) is 0 Å². The zero-order valence-corrected chi connectivity index (χ0v) is 25.9. The van der Waals surface area contributed by atoms with E-state index >= 15 is 0 Å². The predicted molar refractivity (Wildman–Crippen MR) is 163 cm³/mol. The van der Waals surface area contributed by atoms with Gasteiger partial charge in [-0.25, -0.2) is 8.42 Å². The highest BCUT2D eigenvalue weighted by molar-refractivity contribution is 14.1. The number of anilines is 1. The highest BCUT2D eigenvalue weighted by Gasteiger charge is 2.32. The largest absolute Gasteiger partial charge is 0.354 e. The standard InChI is InChI=1S/C28H31BrIN3O4S/c1-3-16-31-28(35)26(18-21-8-5-4-6-9-21)32(19-22-10-7-11-23(29)17-22)27(34)20-33(38(2,36)37)25-14-12-24(30)13-15-25/h4-15,17,26H,3,16,18-20H2,1-2H3,(H,31,35)/t26-/m1/s1. The monoisotopic (exact) mass is 711 g/mol. The van der Waals surface area contributed by atoms with Crippen molar-refractivity contribution in [1.29, 1.82) is 0 Å². The topological polar surface area (TPSA) is 86.8 Å². The molecule has 0 aliphatic rings. The summed E-state index contributed by atoms with van der Waals surface area (Å²) >= 11 is 5.61. The molecule has 1 N–H and O–H groups in total. The van der Waals surface area contributed by atoms with E-state index in [0.717, 1.165) is 36.2 Å². The summed E-state index contributed by atoms with van der Waals surface area (Å²) < 4.78 is 28.4. The number of halogens is 2. The van der Waals surface area contributed by atoms with Gasteiger partial charge in [0.15, 0.2) is 0 Å². The van der Waals surface area contributed by atoms with Crippen LogP contribution in [0.3, 0.4) is 0 Å². The van der Waals surface area contributed by atoms with Crippen LogP contribution in [-0.2, 0) is 32.6 Å². The number of amides is 2. The first-order chi connectivity index (χ1) is 18.1. The van der Waals surface area contributed by atoms with Crippen LogP contribution in [0, 0.1) is 3.57 Å². The lowest BCUT2D eigenvalue weighted by atomic mass is 10.0. The number of rotatable bonds is 12. The van der Waals surface area contributed by atoms with Crippen LogP contribution in [0.25, 0.3) is 0 Å². The molecule has 0 bridgehead atoms. The molecular weight excluding hydrogens is 681 g/mol. The average molecular weight is 712 g/mol. The molecule has 0 heterocycles. The molecule has 2 amide bonds. The minimum absolute atomic E-state index is 0.139. The Bertz CT molecular complexity index is 1340. The Morgan fingerprint density at radius 1 is 0.974 bits per heavy atom. The number of carbonyl (C=O) groups is 2. The Hall–Kier alpha value is -2.44. The van der Waals surface area contributed by atoms with Crippen LogP contribution in [-0.4, -0.2) is 50.5 Å². The maximum Gasteiger partial charge on any atom is 0.244 e. The molecule has 0 unspecified atom stereocenters. The summed E-state index contributed by atoms with van der Waals surface area (Å²) in [4.78, 5) is 28.9. The molecule has 0 aliphatic carbocycles. The molecule has 10 heteroatoms. The molecule has 0 aliphatic heterocycles. The third-order valence-corrected chi connectivity index (χ3v) is 8.21. The fraction of sp³-hybridized carbons (Fsp3) is 0.286. The number of nitrogens with one attached hydrogen (secondary N) is 1. The Balaban J connectivity index is 2.03. The van der Waals surface area contributed by atoms with E-state index < -0.39 is 28.5 Å². The van der Waals surface area contributed by atoms with Crippen LogP contribution in [0.2, 0.25) is 0 Å². The van der Waals surface area contributed by atoms with E-state index in [1.807, 2.05) is 61.5 Å². The van der Waals surface area contributed by atoms with Crippen LogP contribution >= 0.6 is 38.5 Å². The van der Waals surface area contributed by atoms with Gasteiger partial charge in [-0.2, -0.15) is 0 Å². The molecule has 38 heavy (non-hydrogen) atoms.